The van der Waals surface area contributed by atoms with Crippen LogP contribution in [0.3, 0.4) is 0 Å². The molecule has 106 valence electrons. The number of piperidine rings is 1. The lowest BCUT2D eigenvalue weighted by atomic mass is 9.97. The van der Waals surface area contributed by atoms with Crippen LogP contribution >= 0.6 is 0 Å². The molecule has 1 atom stereocenters. The SMILES string of the molecule is COc1cc(C)c(C)cc1C(CN)N1CCCCC1. The number of aryl methyl sites for hydroxylation is 2. The third kappa shape index (κ3) is 3.10. The first-order chi connectivity index (χ1) is 9.17. The van der Waals surface area contributed by atoms with Gasteiger partial charge in [0.25, 0.3) is 0 Å². The minimum absolute atomic E-state index is 0.287. The summed E-state index contributed by atoms with van der Waals surface area (Å²) in [5, 5.41) is 0. The molecule has 0 saturated carbocycles. The van der Waals surface area contributed by atoms with Gasteiger partial charge in [0.1, 0.15) is 5.75 Å². The van der Waals surface area contributed by atoms with Crippen LogP contribution in [0.4, 0.5) is 0 Å². The van der Waals surface area contributed by atoms with Crippen LogP contribution in [-0.2, 0) is 0 Å². The fourth-order valence-corrected chi connectivity index (χ4v) is 2.95. The van der Waals surface area contributed by atoms with Crippen LogP contribution in [-0.4, -0.2) is 31.6 Å². The predicted molar refractivity (Wildman–Crippen MR) is 79.7 cm³/mol. The van der Waals surface area contributed by atoms with E-state index in [9.17, 15) is 0 Å². The largest absolute Gasteiger partial charge is 0.496 e. The lowest BCUT2D eigenvalue weighted by Crippen LogP contribution is -2.37. The number of ether oxygens (including phenoxy) is 1. The molecule has 1 unspecified atom stereocenters. The van der Waals surface area contributed by atoms with Gasteiger partial charge in [-0.05, 0) is 57.0 Å². The summed E-state index contributed by atoms with van der Waals surface area (Å²) in [4.78, 5) is 2.51. The Kier molecular flexibility index (Phi) is 4.83. The van der Waals surface area contributed by atoms with E-state index in [4.69, 9.17) is 10.5 Å². The van der Waals surface area contributed by atoms with Crippen molar-refractivity contribution in [2.75, 3.05) is 26.7 Å². The fraction of sp³-hybridized carbons (Fsp3) is 0.625. The number of methoxy groups -OCH3 is 1. The zero-order valence-corrected chi connectivity index (χ0v) is 12.4. The maximum Gasteiger partial charge on any atom is 0.123 e. The molecule has 0 radical (unpaired) electrons. The molecule has 3 nitrogen and oxygen atoms in total. The number of benzene rings is 1. The van der Waals surface area contributed by atoms with Crippen LogP contribution in [0.15, 0.2) is 12.1 Å². The van der Waals surface area contributed by atoms with Crippen molar-refractivity contribution in [3.05, 3.63) is 28.8 Å². The molecule has 1 aliphatic rings. The van der Waals surface area contributed by atoms with Crippen molar-refractivity contribution in [1.82, 2.24) is 4.90 Å². The molecule has 0 aliphatic carbocycles. The monoisotopic (exact) mass is 262 g/mol. The Labute approximate surface area is 116 Å². The Bertz CT molecular complexity index is 425. The Hall–Kier alpha value is -1.06. The molecule has 1 aromatic carbocycles. The summed E-state index contributed by atoms with van der Waals surface area (Å²) < 4.78 is 5.57. The van der Waals surface area contributed by atoms with Gasteiger partial charge >= 0.3 is 0 Å². The number of nitrogens with zero attached hydrogens (tertiary/aromatic N) is 1. The number of rotatable bonds is 4. The van der Waals surface area contributed by atoms with Crippen LogP contribution in [0.25, 0.3) is 0 Å². The highest BCUT2D eigenvalue weighted by Crippen LogP contribution is 2.32. The zero-order valence-electron chi connectivity index (χ0n) is 12.4. The predicted octanol–water partition coefficient (Wildman–Crippen LogP) is 2.80. The molecule has 1 aliphatic heterocycles. The van der Waals surface area contributed by atoms with Gasteiger partial charge in [0.05, 0.1) is 13.2 Å². The molecular formula is C16H26N2O. The van der Waals surface area contributed by atoms with E-state index in [1.165, 1.54) is 36.0 Å². The van der Waals surface area contributed by atoms with Gasteiger partial charge in [0, 0.05) is 12.1 Å². The molecule has 1 saturated heterocycles. The lowest BCUT2D eigenvalue weighted by Gasteiger charge is -2.35. The van der Waals surface area contributed by atoms with Gasteiger partial charge in [-0.2, -0.15) is 0 Å². The fourth-order valence-electron chi connectivity index (χ4n) is 2.95. The summed E-state index contributed by atoms with van der Waals surface area (Å²) in [5.41, 5.74) is 9.88. The highest BCUT2D eigenvalue weighted by molar-refractivity contribution is 5.43. The van der Waals surface area contributed by atoms with Gasteiger partial charge in [-0.1, -0.05) is 12.5 Å². The van der Waals surface area contributed by atoms with Crippen LogP contribution in [0, 0.1) is 13.8 Å². The molecule has 19 heavy (non-hydrogen) atoms. The molecule has 0 bridgehead atoms. The molecule has 2 rings (SSSR count). The average Bonchev–Trinajstić information content (AvgIpc) is 2.44. The highest BCUT2D eigenvalue weighted by Gasteiger charge is 2.24. The van der Waals surface area contributed by atoms with Crippen molar-refractivity contribution in [1.29, 1.82) is 0 Å². The number of hydrogen-bond donors (Lipinski definition) is 1. The van der Waals surface area contributed by atoms with E-state index < -0.39 is 0 Å². The van der Waals surface area contributed by atoms with Gasteiger partial charge in [-0.3, -0.25) is 4.90 Å². The van der Waals surface area contributed by atoms with E-state index in [1.807, 2.05) is 0 Å². The van der Waals surface area contributed by atoms with Gasteiger partial charge in [0.2, 0.25) is 0 Å². The molecule has 0 aromatic heterocycles. The topological polar surface area (TPSA) is 38.5 Å². The molecule has 0 amide bonds. The smallest absolute Gasteiger partial charge is 0.123 e. The zero-order chi connectivity index (χ0) is 13.8. The summed E-state index contributed by atoms with van der Waals surface area (Å²) in [6, 6.07) is 4.67. The van der Waals surface area contributed by atoms with E-state index in [1.54, 1.807) is 7.11 Å². The summed E-state index contributed by atoms with van der Waals surface area (Å²) >= 11 is 0. The summed E-state index contributed by atoms with van der Waals surface area (Å²) in [5.74, 6) is 0.976. The second kappa shape index (κ2) is 6.40. The van der Waals surface area contributed by atoms with Crippen molar-refractivity contribution in [3.63, 3.8) is 0 Å². The van der Waals surface area contributed by atoms with Gasteiger partial charge in [-0.15, -0.1) is 0 Å². The molecule has 1 fully saturated rings. The number of nitrogens with two attached hydrogens (primary N) is 1. The van der Waals surface area contributed by atoms with Crippen LogP contribution in [0.2, 0.25) is 0 Å². The van der Waals surface area contributed by atoms with Crippen molar-refractivity contribution < 1.29 is 4.74 Å². The standard InChI is InChI=1S/C16H26N2O/c1-12-9-14(16(19-3)10-13(12)2)15(11-17)18-7-5-4-6-8-18/h9-10,15H,4-8,11,17H2,1-3H3. The Morgan fingerprint density at radius 2 is 1.79 bits per heavy atom. The number of likely N-dealkylation sites (tertiary alicyclic amines) is 1. The van der Waals surface area contributed by atoms with E-state index >= 15 is 0 Å². The number of hydrogen-bond acceptors (Lipinski definition) is 3. The Balaban J connectivity index is 2.33. The summed E-state index contributed by atoms with van der Waals surface area (Å²) in [6.45, 7) is 7.23. The van der Waals surface area contributed by atoms with Crippen molar-refractivity contribution in [3.8, 4) is 5.75 Å². The molecule has 2 N–H and O–H groups in total. The van der Waals surface area contributed by atoms with E-state index in [0.717, 1.165) is 18.8 Å². The van der Waals surface area contributed by atoms with Gasteiger partial charge in [0.15, 0.2) is 0 Å². The summed E-state index contributed by atoms with van der Waals surface area (Å²) in [6.07, 6.45) is 3.91. The normalized spacial score (nSPS) is 18.3. The minimum atomic E-state index is 0.287. The summed E-state index contributed by atoms with van der Waals surface area (Å²) in [7, 11) is 1.75. The Morgan fingerprint density at radius 3 is 2.37 bits per heavy atom. The molecule has 3 heteroatoms. The van der Waals surface area contributed by atoms with Gasteiger partial charge < -0.3 is 10.5 Å². The van der Waals surface area contributed by atoms with Gasteiger partial charge in [-0.25, -0.2) is 0 Å². The average molecular weight is 262 g/mol. The first kappa shape index (κ1) is 14.4. The molecule has 0 spiro atoms. The van der Waals surface area contributed by atoms with E-state index in [-0.39, 0.29) is 6.04 Å². The van der Waals surface area contributed by atoms with Crippen LogP contribution < -0.4 is 10.5 Å². The quantitative estimate of drug-likeness (QED) is 0.907. The maximum absolute atomic E-state index is 6.05. The Morgan fingerprint density at radius 1 is 1.16 bits per heavy atom. The third-order valence-corrected chi connectivity index (χ3v) is 4.26. The van der Waals surface area contributed by atoms with Crippen LogP contribution in [0.1, 0.15) is 42.0 Å². The lowest BCUT2D eigenvalue weighted by molar-refractivity contribution is 0.165. The second-order valence-corrected chi connectivity index (χ2v) is 5.53. The molecule has 1 heterocycles. The second-order valence-electron chi connectivity index (χ2n) is 5.53. The van der Waals surface area contributed by atoms with Crippen molar-refractivity contribution in [2.45, 2.75) is 39.2 Å². The first-order valence-electron chi connectivity index (χ1n) is 7.26. The van der Waals surface area contributed by atoms with Crippen molar-refractivity contribution >= 4 is 0 Å². The van der Waals surface area contributed by atoms with E-state index in [2.05, 4.69) is 30.9 Å². The van der Waals surface area contributed by atoms with Crippen molar-refractivity contribution in [2.24, 2.45) is 5.73 Å². The van der Waals surface area contributed by atoms with Crippen LogP contribution in [0.5, 0.6) is 5.75 Å². The third-order valence-electron chi connectivity index (χ3n) is 4.26. The highest BCUT2D eigenvalue weighted by atomic mass is 16.5. The minimum Gasteiger partial charge on any atom is -0.496 e. The first-order valence-corrected chi connectivity index (χ1v) is 7.26. The van der Waals surface area contributed by atoms with E-state index in [0.29, 0.717) is 6.54 Å². The molecular weight excluding hydrogens is 236 g/mol. The maximum atomic E-state index is 6.05. The molecule has 1 aromatic rings.